The smallest absolute Gasteiger partial charge is 0.422 e. The van der Waals surface area contributed by atoms with E-state index < -0.39 is 25.0 Å². The van der Waals surface area contributed by atoms with Crippen LogP contribution in [0.4, 0.5) is 17.6 Å². The van der Waals surface area contributed by atoms with Crippen LogP contribution in [0.3, 0.4) is 0 Å². The lowest BCUT2D eigenvalue weighted by molar-refractivity contribution is -0.153. The maximum absolute atomic E-state index is 12.7. The van der Waals surface area contributed by atoms with Crippen LogP contribution >= 0.6 is 0 Å². The van der Waals surface area contributed by atoms with Crippen molar-refractivity contribution in [1.29, 1.82) is 0 Å². The van der Waals surface area contributed by atoms with Crippen molar-refractivity contribution in [2.24, 2.45) is 5.10 Å². The molecule has 2 aromatic rings. The Morgan fingerprint density at radius 2 is 1.93 bits per heavy atom. The first-order chi connectivity index (χ1) is 13.8. The summed E-state index contributed by atoms with van der Waals surface area (Å²) in [5, 5.41) is 5.80. The zero-order chi connectivity index (χ0) is 21.0. The Morgan fingerprint density at radius 1 is 1.21 bits per heavy atom. The molecule has 0 spiro atoms. The second-order valence-corrected chi connectivity index (χ2v) is 6.28. The fourth-order valence-corrected chi connectivity index (χ4v) is 2.73. The van der Waals surface area contributed by atoms with Crippen LogP contribution in [0.2, 0.25) is 0 Å². The molecule has 1 aromatic heterocycles. The molecule has 7 nitrogen and oxygen atoms in total. The highest BCUT2D eigenvalue weighted by molar-refractivity contribution is 5.68. The molecule has 1 aliphatic heterocycles. The number of benzene rings is 1. The third-order valence-electron chi connectivity index (χ3n) is 4.00. The van der Waals surface area contributed by atoms with Gasteiger partial charge in [-0.3, -0.25) is 9.80 Å². The van der Waals surface area contributed by atoms with Crippen molar-refractivity contribution in [3.63, 3.8) is 0 Å². The average Bonchev–Trinajstić information content (AvgIpc) is 3.11. The Morgan fingerprint density at radius 3 is 2.52 bits per heavy atom. The number of aromatic nitrogens is 2. The monoisotopic (exact) mass is 414 g/mol. The Bertz CT molecular complexity index is 928. The lowest BCUT2D eigenvalue weighted by Crippen LogP contribution is -2.25. The summed E-state index contributed by atoms with van der Waals surface area (Å²) in [6.07, 6.45) is -2.81. The highest BCUT2D eigenvalue weighted by atomic mass is 19.4. The summed E-state index contributed by atoms with van der Waals surface area (Å²) in [5.41, 5.74) is 0.244. The predicted molar refractivity (Wildman–Crippen MR) is 96.7 cm³/mol. The number of hydrogen-bond donors (Lipinski definition) is 0. The number of likely N-dealkylation sites (N-methyl/N-ethyl adjacent to an activating group) is 1. The van der Waals surface area contributed by atoms with Crippen LogP contribution in [0.15, 0.2) is 40.2 Å². The predicted octanol–water partition coefficient (Wildman–Crippen LogP) is 2.54. The summed E-state index contributed by atoms with van der Waals surface area (Å²) in [7, 11) is 1.78. The van der Waals surface area contributed by atoms with E-state index in [0.29, 0.717) is 17.9 Å². The van der Waals surface area contributed by atoms with E-state index in [1.165, 1.54) is 30.3 Å². The number of rotatable bonds is 7. The molecule has 11 heteroatoms. The van der Waals surface area contributed by atoms with Crippen molar-refractivity contribution in [2.75, 3.05) is 33.5 Å². The van der Waals surface area contributed by atoms with Gasteiger partial charge in [0.2, 0.25) is 0 Å². The molecule has 1 unspecified atom stereocenters. The first-order valence-electron chi connectivity index (χ1n) is 8.65. The van der Waals surface area contributed by atoms with Crippen LogP contribution in [0, 0.1) is 0 Å². The van der Waals surface area contributed by atoms with Crippen molar-refractivity contribution in [3.8, 4) is 17.4 Å². The molecular weight excluding hydrogens is 396 g/mol. The minimum atomic E-state index is -4.46. The molecule has 1 atom stereocenters. The van der Waals surface area contributed by atoms with E-state index in [9.17, 15) is 22.4 Å². The molecule has 0 aliphatic carbocycles. The van der Waals surface area contributed by atoms with E-state index in [2.05, 4.69) is 14.8 Å². The molecule has 29 heavy (non-hydrogen) atoms. The van der Waals surface area contributed by atoms with Crippen LogP contribution in [0.1, 0.15) is 11.6 Å². The minimum Gasteiger partial charge on any atom is -0.484 e. The van der Waals surface area contributed by atoms with Gasteiger partial charge in [0.05, 0.1) is 17.3 Å². The largest absolute Gasteiger partial charge is 0.484 e. The highest BCUT2D eigenvalue weighted by Crippen LogP contribution is 2.23. The first-order valence-corrected chi connectivity index (χ1v) is 8.65. The first kappa shape index (κ1) is 20.6. The van der Waals surface area contributed by atoms with Gasteiger partial charge in [-0.05, 0) is 24.3 Å². The quantitative estimate of drug-likeness (QED) is 0.652. The normalized spacial score (nSPS) is 16.3. The summed E-state index contributed by atoms with van der Waals surface area (Å²) in [6.45, 7) is -1.98. The standard InChI is InChI=1S/C18H18F4N4O3/c1-25-10-12(9-23-25)15-8-16(27)26(17(24-15)28-7-6-19)13-2-4-14(5-3-13)29-11-18(20,21)22/h2-5,8-9,12H,6-7,10-11H2,1H3. The Labute approximate surface area is 163 Å². The fourth-order valence-electron chi connectivity index (χ4n) is 2.73. The van der Waals surface area contributed by atoms with Crippen LogP contribution in [-0.2, 0) is 0 Å². The van der Waals surface area contributed by atoms with Crippen LogP contribution < -0.4 is 15.0 Å². The zero-order valence-electron chi connectivity index (χ0n) is 15.4. The number of hydrogen-bond acceptors (Lipinski definition) is 6. The molecule has 0 N–H and O–H groups in total. The zero-order valence-corrected chi connectivity index (χ0v) is 15.4. The van der Waals surface area contributed by atoms with Gasteiger partial charge in [-0.2, -0.15) is 18.3 Å². The molecule has 0 saturated heterocycles. The van der Waals surface area contributed by atoms with Crippen LogP contribution in [0.5, 0.6) is 11.8 Å². The average molecular weight is 414 g/mol. The summed E-state index contributed by atoms with van der Waals surface area (Å²) < 4.78 is 60.5. The molecule has 0 bridgehead atoms. The van der Waals surface area contributed by atoms with Gasteiger partial charge in [0, 0.05) is 25.9 Å². The molecule has 0 radical (unpaired) electrons. The summed E-state index contributed by atoms with van der Waals surface area (Å²) in [5.74, 6) is -0.228. The van der Waals surface area contributed by atoms with Crippen molar-refractivity contribution >= 4 is 6.21 Å². The third-order valence-corrected chi connectivity index (χ3v) is 4.00. The Kier molecular flexibility index (Phi) is 6.04. The van der Waals surface area contributed by atoms with Crippen molar-refractivity contribution in [1.82, 2.24) is 14.6 Å². The molecule has 0 amide bonds. The number of nitrogens with zero attached hydrogens (tertiary/aromatic N) is 4. The fraction of sp³-hybridized carbons (Fsp3) is 0.389. The van der Waals surface area contributed by atoms with Gasteiger partial charge in [-0.25, -0.2) is 13.9 Å². The van der Waals surface area contributed by atoms with Gasteiger partial charge in [0.1, 0.15) is 19.0 Å². The number of hydrazone groups is 1. The van der Waals surface area contributed by atoms with Gasteiger partial charge in [0.15, 0.2) is 6.61 Å². The van der Waals surface area contributed by atoms with Gasteiger partial charge < -0.3 is 9.47 Å². The highest BCUT2D eigenvalue weighted by Gasteiger charge is 2.28. The van der Waals surface area contributed by atoms with E-state index in [1.807, 2.05) is 0 Å². The summed E-state index contributed by atoms with van der Waals surface area (Å²) in [6, 6.07) is 6.57. The van der Waals surface area contributed by atoms with Gasteiger partial charge in [-0.15, -0.1) is 0 Å². The van der Waals surface area contributed by atoms with E-state index in [1.54, 1.807) is 18.3 Å². The summed E-state index contributed by atoms with van der Waals surface area (Å²) in [4.78, 5) is 17.0. The molecule has 1 aromatic carbocycles. The van der Waals surface area contributed by atoms with E-state index >= 15 is 0 Å². The second kappa shape index (κ2) is 8.50. The van der Waals surface area contributed by atoms with E-state index in [4.69, 9.17) is 4.74 Å². The molecule has 2 heterocycles. The second-order valence-electron chi connectivity index (χ2n) is 6.28. The molecule has 0 fully saturated rings. The van der Waals surface area contributed by atoms with Crippen molar-refractivity contribution in [2.45, 2.75) is 12.1 Å². The van der Waals surface area contributed by atoms with Crippen molar-refractivity contribution in [3.05, 3.63) is 46.4 Å². The Hall–Kier alpha value is -3.11. The molecule has 1 aliphatic rings. The SMILES string of the molecule is CN1CC(c2cc(=O)n(-c3ccc(OCC(F)(F)F)cc3)c(OCCF)n2)C=N1. The Balaban J connectivity index is 1.91. The molecule has 156 valence electrons. The lowest BCUT2D eigenvalue weighted by atomic mass is 10.1. The summed E-state index contributed by atoms with van der Waals surface area (Å²) >= 11 is 0. The minimum absolute atomic E-state index is 0.0138. The topological polar surface area (TPSA) is 69.0 Å². The third kappa shape index (κ3) is 5.24. The number of halogens is 4. The lowest BCUT2D eigenvalue weighted by Gasteiger charge is -2.16. The maximum atomic E-state index is 12.7. The van der Waals surface area contributed by atoms with Crippen molar-refractivity contribution < 1.29 is 27.0 Å². The number of ether oxygens (including phenoxy) is 2. The maximum Gasteiger partial charge on any atom is 0.422 e. The molecule has 0 saturated carbocycles. The van der Waals surface area contributed by atoms with E-state index in [0.717, 1.165) is 4.57 Å². The van der Waals surface area contributed by atoms with Crippen LogP contribution in [-0.4, -0.2) is 60.4 Å². The van der Waals surface area contributed by atoms with Gasteiger partial charge >= 0.3 is 12.2 Å². The number of alkyl halides is 4. The van der Waals surface area contributed by atoms with E-state index in [-0.39, 0.29) is 24.3 Å². The molecular formula is C18H18F4N4O3. The molecule has 3 rings (SSSR count). The van der Waals surface area contributed by atoms with Gasteiger partial charge in [-0.1, -0.05) is 0 Å². The van der Waals surface area contributed by atoms with Gasteiger partial charge in [0.25, 0.3) is 5.56 Å². The van der Waals surface area contributed by atoms with Crippen LogP contribution in [0.25, 0.3) is 5.69 Å².